The van der Waals surface area contributed by atoms with Gasteiger partial charge < -0.3 is 4.90 Å². The highest BCUT2D eigenvalue weighted by Crippen LogP contribution is 2.36. The van der Waals surface area contributed by atoms with Crippen LogP contribution in [0, 0.1) is 17.1 Å². The number of carbonyl (C=O) groups excluding carboxylic acids is 1. The summed E-state index contributed by atoms with van der Waals surface area (Å²) in [7, 11) is 1.62. The van der Waals surface area contributed by atoms with Crippen molar-refractivity contribution in [1.82, 2.24) is 4.90 Å². The fourth-order valence-corrected chi connectivity index (χ4v) is 2.13. The molecule has 0 atom stereocenters. The normalized spacial score (nSPS) is 16.7. The van der Waals surface area contributed by atoms with Crippen molar-refractivity contribution >= 4 is 12.0 Å². The Hall–Kier alpha value is -2.15. The Balaban J connectivity index is 2.10. The summed E-state index contributed by atoms with van der Waals surface area (Å²) in [5.41, 5.74) is -0.305. The molecular formula is C15H15FN2O. The molecule has 4 heteroatoms. The minimum atomic E-state index is -0.670. The molecule has 0 N–H and O–H groups in total. The second kappa shape index (κ2) is 5.23. The van der Waals surface area contributed by atoms with Gasteiger partial charge in [-0.1, -0.05) is 18.2 Å². The topological polar surface area (TPSA) is 44.1 Å². The van der Waals surface area contributed by atoms with Crippen molar-refractivity contribution in [3.05, 3.63) is 41.7 Å². The third kappa shape index (κ3) is 2.50. The standard InChI is InChI=1S/C15H15FN2O/c1-18(15(11-17)9-4-10-15)14(19)8-7-12-5-2-3-6-13(12)16/h2-3,5-8H,4,9-10H2,1H3/b8-7+. The Kier molecular flexibility index (Phi) is 3.66. The van der Waals surface area contributed by atoms with Gasteiger partial charge in [-0.15, -0.1) is 0 Å². The van der Waals surface area contributed by atoms with Crippen LogP contribution in [0.25, 0.3) is 6.08 Å². The van der Waals surface area contributed by atoms with E-state index in [1.165, 1.54) is 23.1 Å². The molecule has 0 saturated heterocycles. The lowest BCUT2D eigenvalue weighted by molar-refractivity contribution is -0.130. The van der Waals surface area contributed by atoms with Gasteiger partial charge in [-0.25, -0.2) is 4.39 Å². The Bertz CT molecular complexity index is 556. The summed E-state index contributed by atoms with van der Waals surface area (Å²) >= 11 is 0. The van der Waals surface area contributed by atoms with Crippen LogP contribution in [0.5, 0.6) is 0 Å². The van der Waals surface area contributed by atoms with E-state index in [4.69, 9.17) is 5.26 Å². The van der Waals surface area contributed by atoms with Gasteiger partial charge in [-0.3, -0.25) is 4.79 Å². The van der Waals surface area contributed by atoms with Crippen LogP contribution in [0.3, 0.4) is 0 Å². The highest BCUT2D eigenvalue weighted by Gasteiger charge is 2.42. The van der Waals surface area contributed by atoms with Crippen LogP contribution in [0.4, 0.5) is 4.39 Å². The molecule has 1 aliphatic rings. The number of nitriles is 1. The maximum Gasteiger partial charge on any atom is 0.247 e. The maximum absolute atomic E-state index is 13.4. The van der Waals surface area contributed by atoms with E-state index in [2.05, 4.69) is 6.07 Å². The van der Waals surface area contributed by atoms with Crippen molar-refractivity contribution in [2.24, 2.45) is 0 Å². The van der Waals surface area contributed by atoms with E-state index < -0.39 is 5.54 Å². The zero-order chi connectivity index (χ0) is 13.9. The number of halogens is 1. The third-order valence-corrected chi connectivity index (χ3v) is 3.67. The average Bonchev–Trinajstić information content (AvgIpc) is 2.36. The van der Waals surface area contributed by atoms with E-state index in [0.717, 1.165) is 6.42 Å². The number of carbonyl (C=O) groups is 1. The Morgan fingerprint density at radius 2 is 2.16 bits per heavy atom. The zero-order valence-corrected chi connectivity index (χ0v) is 10.8. The van der Waals surface area contributed by atoms with E-state index >= 15 is 0 Å². The lowest BCUT2D eigenvalue weighted by atomic mass is 9.76. The number of nitrogens with zero attached hydrogens (tertiary/aromatic N) is 2. The molecule has 1 aromatic rings. The van der Waals surface area contributed by atoms with Crippen molar-refractivity contribution in [2.45, 2.75) is 24.8 Å². The van der Waals surface area contributed by atoms with Crippen LogP contribution >= 0.6 is 0 Å². The van der Waals surface area contributed by atoms with Crippen LogP contribution in [-0.4, -0.2) is 23.4 Å². The first-order chi connectivity index (χ1) is 9.09. The molecule has 1 aliphatic carbocycles. The van der Waals surface area contributed by atoms with Crippen LogP contribution in [-0.2, 0) is 4.79 Å². The predicted molar refractivity (Wildman–Crippen MR) is 70.4 cm³/mol. The predicted octanol–water partition coefficient (Wildman–Crippen LogP) is 2.74. The zero-order valence-electron chi connectivity index (χ0n) is 10.8. The summed E-state index contributed by atoms with van der Waals surface area (Å²) in [5.74, 6) is -0.641. The van der Waals surface area contributed by atoms with E-state index in [0.29, 0.717) is 18.4 Å². The largest absolute Gasteiger partial charge is 0.323 e. The van der Waals surface area contributed by atoms with Gasteiger partial charge in [0.05, 0.1) is 6.07 Å². The molecule has 0 aliphatic heterocycles. The fraction of sp³-hybridized carbons (Fsp3) is 0.333. The number of amides is 1. The second-order valence-corrected chi connectivity index (χ2v) is 4.75. The molecule has 0 heterocycles. The monoisotopic (exact) mass is 258 g/mol. The van der Waals surface area contributed by atoms with E-state index in [-0.39, 0.29) is 11.7 Å². The van der Waals surface area contributed by atoms with Gasteiger partial charge in [0.2, 0.25) is 5.91 Å². The molecule has 0 unspecified atom stereocenters. The third-order valence-electron chi connectivity index (χ3n) is 3.67. The van der Waals surface area contributed by atoms with E-state index in [1.54, 1.807) is 25.2 Å². The summed E-state index contributed by atoms with van der Waals surface area (Å²) in [6.45, 7) is 0. The summed E-state index contributed by atoms with van der Waals surface area (Å²) in [5, 5.41) is 9.16. The molecule has 1 amide bonds. The van der Waals surface area contributed by atoms with Crippen molar-refractivity contribution in [2.75, 3.05) is 7.05 Å². The van der Waals surface area contributed by atoms with Crippen LogP contribution < -0.4 is 0 Å². The molecule has 0 bridgehead atoms. The van der Waals surface area contributed by atoms with Crippen LogP contribution in [0.2, 0.25) is 0 Å². The Labute approximate surface area is 111 Å². The Morgan fingerprint density at radius 1 is 1.47 bits per heavy atom. The lowest BCUT2D eigenvalue weighted by Gasteiger charge is -2.42. The molecule has 3 nitrogen and oxygen atoms in total. The quantitative estimate of drug-likeness (QED) is 0.782. The molecule has 0 radical (unpaired) electrons. The summed E-state index contributed by atoms with van der Waals surface area (Å²) in [6, 6.07) is 8.45. The first-order valence-corrected chi connectivity index (χ1v) is 6.21. The average molecular weight is 258 g/mol. The number of hydrogen-bond acceptors (Lipinski definition) is 2. The van der Waals surface area contributed by atoms with Gasteiger partial charge in [0, 0.05) is 18.7 Å². The number of rotatable bonds is 3. The SMILES string of the molecule is CN(C(=O)/C=C/c1ccccc1F)C1(C#N)CCC1. The molecule has 2 rings (SSSR count). The number of benzene rings is 1. The first-order valence-electron chi connectivity index (χ1n) is 6.21. The number of likely N-dealkylation sites (N-methyl/N-ethyl adjacent to an activating group) is 1. The fourth-order valence-electron chi connectivity index (χ4n) is 2.13. The van der Waals surface area contributed by atoms with E-state index in [9.17, 15) is 9.18 Å². The van der Waals surface area contributed by atoms with Crippen molar-refractivity contribution < 1.29 is 9.18 Å². The minimum absolute atomic E-state index is 0.274. The maximum atomic E-state index is 13.4. The summed E-state index contributed by atoms with van der Waals surface area (Å²) < 4.78 is 13.4. The molecule has 1 saturated carbocycles. The molecule has 19 heavy (non-hydrogen) atoms. The van der Waals surface area contributed by atoms with E-state index in [1.807, 2.05) is 0 Å². The highest BCUT2D eigenvalue weighted by molar-refractivity contribution is 5.92. The molecule has 1 aromatic carbocycles. The summed E-state index contributed by atoms with van der Waals surface area (Å²) in [4.78, 5) is 13.4. The molecular weight excluding hydrogens is 243 g/mol. The van der Waals surface area contributed by atoms with Crippen molar-refractivity contribution in [1.29, 1.82) is 5.26 Å². The van der Waals surface area contributed by atoms with Gasteiger partial charge in [-0.2, -0.15) is 5.26 Å². The van der Waals surface area contributed by atoms with Gasteiger partial charge in [0.1, 0.15) is 11.4 Å². The van der Waals surface area contributed by atoms with Crippen LogP contribution in [0.1, 0.15) is 24.8 Å². The molecule has 0 spiro atoms. The minimum Gasteiger partial charge on any atom is -0.323 e. The highest BCUT2D eigenvalue weighted by atomic mass is 19.1. The molecule has 98 valence electrons. The first kappa shape index (κ1) is 13.3. The van der Waals surface area contributed by atoms with Crippen molar-refractivity contribution in [3.63, 3.8) is 0 Å². The molecule has 1 fully saturated rings. The smallest absolute Gasteiger partial charge is 0.247 e. The van der Waals surface area contributed by atoms with Gasteiger partial charge >= 0.3 is 0 Å². The Morgan fingerprint density at radius 3 is 2.68 bits per heavy atom. The van der Waals surface area contributed by atoms with Gasteiger partial charge in [0.25, 0.3) is 0 Å². The lowest BCUT2D eigenvalue weighted by Crippen LogP contribution is -2.52. The molecule has 0 aromatic heterocycles. The van der Waals surface area contributed by atoms with Gasteiger partial charge in [0.15, 0.2) is 0 Å². The van der Waals surface area contributed by atoms with Gasteiger partial charge in [-0.05, 0) is 31.4 Å². The van der Waals surface area contributed by atoms with Crippen molar-refractivity contribution in [3.8, 4) is 6.07 Å². The second-order valence-electron chi connectivity index (χ2n) is 4.75. The van der Waals surface area contributed by atoms with Crippen LogP contribution in [0.15, 0.2) is 30.3 Å². The number of hydrogen-bond donors (Lipinski definition) is 0. The summed E-state index contributed by atoms with van der Waals surface area (Å²) in [6.07, 6.45) is 5.13.